The van der Waals surface area contributed by atoms with Crippen LogP contribution < -0.4 is 10.6 Å². The molecule has 1 aromatic carbocycles. The third-order valence-electron chi connectivity index (χ3n) is 5.42. The SMILES string of the molecule is CN=C(NCCc1ccc(-n2cccn2)cc1)NCC(C)CN1CCN(C)CC1. The molecule has 1 aliphatic rings. The Balaban J connectivity index is 1.34. The number of benzene rings is 1. The summed E-state index contributed by atoms with van der Waals surface area (Å²) in [5.74, 6) is 1.47. The Kier molecular flexibility index (Phi) is 8.07. The Morgan fingerprint density at radius 3 is 2.55 bits per heavy atom. The second-order valence-corrected chi connectivity index (χ2v) is 7.96. The standard InChI is InChI=1S/C22H35N7/c1-19(18-28-15-13-27(3)14-16-28)17-25-22(23-2)24-11-9-20-5-7-21(8-6-20)29-12-4-10-26-29/h4-8,10,12,19H,9,11,13-18H2,1-3H3,(H2,23,24,25). The highest BCUT2D eigenvalue weighted by molar-refractivity contribution is 5.79. The lowest BCUT2D eigenvalue weighted by Crippen LogP contribution is -2.47. The molecule has 1 saturated heterocycles. The first kappa shape index (κ1) is 21.3. The van der Waals surface area contributed by atoms with Crippen LogP contribution in [0.2, 0.25) is 0 Å². The molecular weight excluding hydrogens is 362 g/mol. The number of piperazine rings is 1. The first-order valence-corrected chi connectivity index (χ1v) is 10.6. The predicted octanol–water partition coefficient (Wildman–Crippen LogP) is 1.46. The van der Waals surface area contributed by atoms with E-state index in [9.17, 15) is 0 Å². The van der Waals surface area contributed by atoms with Crippen molar-refractivity contribution in [1.82, 2.24) is 30.2 Å². The monoisotopic (exact) mass is 397 g/mol. The van der Waals surface area contributed by atoms with Crippen molar-refractivity contribution < 1.29 is 0 Å². The minimum absolute atomic E-state index is 0.590. The number of hydrogen-bond donors (Lipinski definition) is 2. The lowest BCUT2D eigenvalue weighted by atomic mass is 10.1. The van der Waals surface area contributed by atoms with Gasteiger partial charge in [-0.15, -0.1) is 0 Å². The maximum absolute atomic E-state index is 4.36. The first-order chi connectivity index (χ1) is 14.1. The number of guanidine groups is 1. The molecule has 0 spiro atoms. The normalized spacial score (nSPS) is 17.3. The minimum Gasteiger partial charge on any atom is -0.356 e. The number of aliphatic imine (C=N–C) groups is 1. The van der Waals surface area contributed by atoms with Crippen LogP contribution in [0.5, 0.6) is 0 Å². The highest BCUT2D eigenvalue weighted by Crippen LogP contribution is 2.09. The van der Waals surface area contributed by atoms with Gasteiger partial charge in [-0.2, -0.15) is 5.10 Å². The van der Waals surface area contributed by atoms with E-state index >= 15 is 0 Å². The van der Waals surface area contributed by atoms with E-state index < -0.39 is 0 Å². The molecule has 1 fully saturated rings. The number of rotatable bonds is 8. The van der Waals surface area contributed by atoms with Gasteiger partial charge in [0.15, 0.2) is 5.96 Å². The van der Waals surface area contributed by atoms with Gasteiger partial charge in [-0.05, 0) is 43.1 Å². The summed E-state index contributed by atoms with van der Waals surface area (Å²) in [7, 11) is 4.03. The van der Waals surface area contributed by atoms with Gasteiger partial charge in [-0.3, -0.25) is 4.99 Å². The number of nitrogens with zero attached hydrogens (tertiary/aromatic N) is 5. The molecule has 0 bridgehead atoms. The smallest absolute Gasteiger partial charge is 0.190 e. The van der Waals surface area contributed by atoms with Crippen molar-refractivity contribution in [3.05, 3.63) is 48.3 Å². The molecule has 1 atom stereocenters. The third kappa shape index (κ3) is 6.87. The van der Waals surface area contributed by atoms with Gasteiger partial charge >= 0.3 is 0 Å². The van der Waals surface area contributed by atoms with Crippen LogP contribution in [-0.4, -0.2) is 85.4 Å². The van der Waals surface area contributed by atoms with E-state index in [1.54, 1.807) is 6.20 Å². The Morgan fingerprint density at radius 1 is 1.14 bits per heavy atom. The van der Waals surface area contributed by atoms with Crippen molar-refractivity contribution in [2.24, 2.45) is 10.9 Å². The number of hydrogen-bond acceptors (Lipinski definition) is 4. The lowest BCUT2D eigenvalue weighted by molar-refractivity contribution is 0.139. The largest absolute Gasteiger partial charge is 0.356 e. The van der Waals surface area contributed by atoms with Gasteiger partial charge in [0.2, 0.25) is 0 Å². The van der Waals surface area contributed by atoms with Crippen LogP contribution in [0.4, 0.5) is 0 Å². The van der Waals surface area contributed by atoms with Crippen LogP contribution in [0.25, 0.3) is 5.69 Å². The number of likely N-dealkylation sites (N-methyl/N-ethyl adjacent to an activating group) is 1. The van der Waals surface area contributed by atoms with E-state index in [0.717, 1.165) is 37.7 Å². The van der Waals surface area contributed by atoms with Gasteiger partial charge < -0.3 is 20.4 Å². The molecule has 158 valence electrons. The Bertz CT molecular complexity index is 731. The van der Waals surface area contributed by atoms with Crippen molar-refractivity contribution in [3.8, 4) is 5.69 Å². The summed E-state index contributed by atoms with van der Waals surface area (Å²) in [6.45, 7) is 9.93. The van der Waals surface area contributed by atoms with Crippen LogP contribution in [0.3, 0.4) is 0 Å². The van der Waals surface area contributed by atoms with Gasteiger partial charge in [-0.25, -0.2) is 4.68 Å². The number of aromatic nitrogens is 2. The molecule has 1 aromatic heterocycles. The summed E-state index contributed by atoms with van der Waals surface area (Å²) in [6.07, 6.45) is 4.70. The van der Waals surface area contributed by atoms with Crippen molar-refractivity contribution >= 4 is 5.96 Å². The summed E-state index contributed by atoms with van der Waals surface area (Å²) in [5, 5.41) is 11.2. The molecule has 0 aliphatic carbocycles. The van der Waals surface area contributed by atoms with Crippen LogP contribution in [0.15, 0.2) is 47.7 Å². The van der Waals surface area contributed by atoms with E-state index in [-0.39, 0.29) is 0 Å². The average Bonchev–Trinajstić information content (AvgIpc) is 3.27. The summed E-state index contributed by atoms with van der Waals surface area (Å²) in [6, 6.07) is 10.5. The summed E-state index contributed by atoms with van der Waals surface area (Å²) in [5.41, 5.74) is 2.38. The molecule has 2 N–H and O–H groups in total. The Labute approximate surface area is 174 Å². The van der Waals surface area contributed by atoms with Crippen molar-refractivity contribution in [3.63, 3.8) is 0 Å². The Morgan fingerprint density at radius 2 is 1.90 bits per heavy atom. The van der Waals surface area contributed by atoms with E-state index in [2.05, 4.69) is 68.8 Å². The first-order valence-electron chi connectivity index (χ1n) is 10.6. The molecule has 1 unspecified atom stereocenters. The summed E-state index contributed by atoms with van der Waals surface area (Å²) < 4.78 is 1.87. The second-order valence-electron chi connectivity index (χ2n) is 7.96. The fourth-order valence-corrected chi connectivity index (χ4v) is 3.59. The summed E-state index contributed by atoms with van der Waals surface area (Å²) in [4.78, 5) is 9.32. The van der Waals surface area contributed by atoms with Crippen molar-refractivity contribution in [2.75, 3.05) is 59.9 Å². The van der Waals surface area contributed by atoms with Gasteiger partial charge in [0.05, 0.1) is 5.69 Å². The Hall–Kier alpha value is -2.38. The molecule has 1 aliphatic heterocycles. The molecule has 3 rings (SSSR count). The van der Waals surface area contributed by atoms with E-state index in [0.29, 0.717) is 5.92 Å². The van der Waals surface area contributed by atoms with Crippen LogP contribution in [-0.2, 0) is 6.42 Å². The third-order valence-corrected chi connectivity index (χ3v) is 5.42. The minimum atomic E-state index is 0.590. The predicted molar refractivity (Wildman–Crippen MR) is 120 cm³/mol. The summed E-state index contributed by atoms with van der Waals surface area (Å²) >= 11 is 0. The second kappa shape index (κ2) is 11.0. The maximum atomic E-state index is 4.36. The zero-order valence-corrected chi connectivity index (χ0v) is 18.0. The molecule has 2 aromatic rings. The highest BCUT2D eigenvalue weighted by Gasteiger charge is 2.16. The molecule has 0 amide bonds. The van der Waals surface area contributed by atoms with E-state index in [1.807, 2.05) is 24.0 Å². The van der Waals surface area contributed by atoms with Gasteiger partial charge in [0.25, 0.3) is 0 Å². The highest BCUT2D eigenvalue weighted by atomic mass is 15.3. The quantitative estimate of drug-likeness (QED) is 0.522. The van der Waals surface area contributed by atoms with Crippen molar-refractivity contribution in [2.45, 2.75) is 13.3 Å². The fourth-order valence-electron chi connectivity index (χ4n) is 3.59. The van der Waals surface area contributed by atoms with E-state index in [1.165, 1.54) is 31.7 Å². The molecule has 7 nitrogen and oxygen atoms in total. The molecule has 2 heterocycles. The maximum Gasteiger partial charge on any atom is 0.190 e. The topological polar surface area (TPSA) is 60.7 Å². The van der Waals surface area contributed by atoms with Crippen LogP contribution >= 0.6 is 0 Å². The van der Waals surface area contributed by atoms with Gasteiger partial charge in [0, 0.05) is 65.3 Å². The number of nitrogens with one attached hydrogen (secondary N) is 2. The van der Waals surface area contributed by atoms with Crippen LogP contribution in [0.1, 0.15) is 12.5 Å². The molecular formula is C22H35N7. The molecule has 0 saturated carbocycles. The van der Waals surface area contributed by atoms with Crippen molar-refractivity contribution in [1.29, 1.82) is 0 Å². The van der Waals surface area contributed by atoms with Gasteiger partial charge in [0.1, 0.15) is 0 Å². The fraction of sp³-hybridized carbons (Fsp3) is 0.545. The average molecular weight is 398 g/mol. The van der Waals surface area contributed by atoms with E-state index in [4.69, 9.17) is 0 Å². The molecule has 29 heavy (non-hydrogen) atoms. The van der Waals surface area contributed by atoms with Gasteiger partial charge in [-0.1, -0.05) is 19.1 Å². The molecule has 7 heteroatoms. The molecule has 0 radical (unpaired) electrons. The van der Waals surface area contributed by atoms with Crippen LogP contribution in [0, 0.1) is 5.92 Å². The zero-order valence-electron chi connectivity index (χ0n) is 18.0. The zero-order chi connectivity index (χ0) is 20.5. The lowest BCUT2D eigenvalue weighted by Gasteiger charge is -2.34.